The molecule has 0 bridgehead atoms. The summed E-state index contributed by atoms with van der Waals surface area (Å²) in [5, 5.41) is 5.06. The highest BCUT2D eigenvalue weighted by atomic mass is 15.1. The zero-order chi connectivity index (χ0) is 34.9. The SMILES string of the molecule is C1=C(c2nc3ccccc3n2-c2ccccc2)CCC(n2c3ccccc3c3cc(-c4cccc5c6ccccc6n(-c6ccccc6)c45)ccc32)=C1. The Hall–Kier alpha value is -6.91. The molecule has 1 aliphatic carbocycles. The molecular formula is C49H34N4. The van der Waals surface area contributed by atoms with Crippen LogP contribution in [0.3, 0.4) is 0 Å². The Kier molecular flexibility index (Phi) is 6.65. The molecule has 7 aromatic carbocycles. The normalized spacial score (nSPS) is 13.4. The number of benzene rings is 7. The first-order valence-electron chi connectivity index (χ1n) is 18.4. The van der Waals surface area contributed by atoms with E-state index in [-0.39, 0.29) is 0 Å². The maximum Gasteiger partial charge on any atom is 0.141 e. The van der Waals surface area contributed by atoms with Crippen LogP contribution >= 0.6 is 0 Å². The fraction of sp³-hybridized carbons (Fsp3) is 0.0408. The van der Waals surface area contributed by atoms with Crippen LogP contribution in [0.5, 0.6) is 0 Å². The molecule has 0 radical (unpaired) electrons. The van der Waals surface area contributed by atoms with E-state index in [2.05, 4.69) is 196 Å². The standard InChI is InChI=1S/C49H34N4/c1-3-14-35(15-4-1)52-45-24-11-7-18-39(45)41-21-13-20-38(48(41)52)34-28-31-46-42(32-34)40-19-8-10-23-44(40)51(46)37-29-26-33(27-30-37)49-50-43-22-9-12-25-47(43)53(49)36-16-5-2-6-17-36/h1-26,28-29,31-32H,27,30H2. The molecule has 3 aromatic heterocycles. The van der Waals surface area contributed by atoms with Crippen LogP contribution in [0.15, 0.2) is 182 Å². The van der Waals surface area contributed by atoms with E-state index in [1.807, 2.05) is 0 Å². The van der Waals surface area contributed by atoms with Gasteiger partial charge in [-0.2, -0.15) is 0 Å². The van der Waals surface area contributed by atoms with Crippen molar-refractivity contribution in [1.82, 2.24) is 18.7 Å². The van der Waals surface area contributed by atoms with Crippen molar-refractivity contribution in [3.05, 3.63) is 188 Å². The zero-order valence-electron chi connectivity index (χ0n) is 29.0. The minimum Gasteiger partial charge on any atom is -0.313 e. The van der Waals surface area contributed by atoms with Crippen LogP contribution in [-0.2, 0) is 0 Å². The Bertz CT molecular complexity index is 3100. The molecule has 0 spiro atoms. The smallest absolute Gasteiger partial charge is 0.141 e. The van der Waals surface area contributed by atoms with Gasteiger partial charge in [0.2, 0.25) is 0 Å². The molecule has 0 fully saturated rings. The second kappa shape index (κ2) is 11.8. The first-order chi connectivity index (χ1) is 26.3. The first-order valence-corrected chi connectivity index (χ1v) is 18.4. The summed E-state index contributed by atoms with van der Waals surface area (Å²) in [6.07, 6.45) is 6.42. The highest BCUT2D eigenvalue weighted by Gasteiger charge is 2.22. The second-order valence-electron chi connectivity index (χ2n) is 13.9. The Morgan fingerprint density at radius 1 is 0.415 bits per heavy atom. The summed E-state index contributed by atoms with van der Waals surface area (Å²) in [5.41, 5.74) is 14.3. The molecule has 0 saturated carbocycles. The van der Waals surface area contributed by atoms with Crippen LogP contribution < -0.4 is 0 Å². The average molecular weight is 679 g/mol. The Morgan fingerprint density at radius 3 is 1.75 bits per heavy atom. The van der Waals surface area contributed by atoms with Crippen molar-refractivity contribution in [2.75, 3.05) is 0 Å². The predicted octanol–water partition coefficient (Wildman–Crippen LogP) is 12.6. The fourth-order valence-electron chi connectivity index (χ4n) is 8.63. The van der Waals surface area contributed by atoms with Gasteiger partial charge >= 0.3 is 0 Å². The molecule has 4 nitrogen and oxygen atoms in total. The third-order valence-electron chi connectivity index (χ3n) is 11.0. The minimum absolute atomic E-state index is 0.903. The first kappa shape index (κ1) is 29.8. The van der Waals surface area contributed by atoms with Crippen LogP contribution in [0, 0.1) is 0 Å². The molecule has 0 N–H and O–H groups in total. The van der Waals surface area contributed by atoms with Crippen molar-refractivity contribution in [3.63, 3.8) is 0 Å². The lowest BCUT2D eigenvalue weighted by molar-refractivity contribution is 0.955. The molecular weight excluding hydrogens is 645 g/mol. The molecule has 0 saturated heterocycles. The maximum atomic E-state index is 5.16. The van der Waals surface area contributed by atoms with Crippen molar-refractivity contribution in [1.29, 1.82) is 0 Å². The summed E-state index contributed by atoms with van der Waals surface area (Å²) in [6, 6.07) is 61.1. The molecule has 0 atom stereocenters. The summed E-state index contributed by atoms with van der Waals surface area (Å²) in [4.78, 5) is 5.16. The van der Waals surface area contributed by atoms with Gasteiger partial charge in [0.1, 0.15) is 5.82 Å². The molecule has 1 aliphatic rings. The predicted molar refractivity (Wildman–Crippen MR) is 222 cm³/mol. The van der Waals surface area contributed by atoms with Crippen LogP contribution in [0.25, 0.3) is 88.4 Å². The van der Waals surface area contributed by atoms with Gasteiger partial charge in [0.15, 0.2) is 0 Å². The Balaban J connectivity index is 1.07. The lowest BCUT2D eigenvalue weighted by atomic mass is 9.99. The summed E-state index contributed by atoms with van der Waals surface area (Å²) in [6.45, 7) is 0. The molecule has 0 amide bonds. The van der Waals surface area contributed by atoms with E-state index in [9.17, 15) is 0 Å². The number of nitrogens with zero attached hydrogens (tertiary/aromatic N) is 4. The Labute approximate surface area is 306 Å². The van der Waals surface area contributed by atoms with Gasteiger partial charge in [0.25, 0.3) is 0 Å². The lowest BCUT2D eigenvalue weighted by Gasteiger charge is -2.19. The monoisotopic (exact) mass is 678 g/mol. The number of allylic oxidation sites excluding steroid dienone is 4. The van der Waals surface area contributed by atoms with Crippen molar-refractivity contribution in [2.45, 2.75) is 12.8 Å². The van der Waals surface area contributed by atoms with Gasteiger partial charge in [-0.25, -0.2) is 4.98 Å². The lowest BCUT2D eigenvalue weighted by Crippen LogP contribution is -2.05. The molecule has 4 heteroatoms. The van der Waals surface area contributed by atoms with Gasteiger partial charge in [0.05, 0.1) is 33.1 Å². The number of imidazole rings is 1. The molecule has 3 heterocycles. The summed E-state index contributed by atoms with van der Waals surface area (Å²) in [7, 11) is 0. The van der Waals surface area contributed by atoms with Crippen LogP contribution in [-0.4, -0.2) is 18.7 Å². The van der Waals surface area contributed by atoms with Crippen molar-refractivity contribution >= 4 is 65.9 Å². The number of para-hydroxylation sites is 7. The van der Waals surface area contributed by atoms with E-state index < -0.39 is 0 Å². The topological polar surface area (TPSA) is 27.7 Å². The zero-order valence-corrected chi connectivity index (χ0v) is 29.0. The van der Waals surface area contributed by atoms with Crippen molar-refractivity contribution in [3.8, 4) is 22.5 Å². The van der Waals surface area contributed by atoms with E-state index in [1.165, 1.54) is 71.7 Å². The highest BCUT2D eigenvalue weighted by molar-refractivity contribution is 6.16. The maximum absolute atomic E-state index is 5.16. The minimum atomic E-state index is 0.903. The largest absolute Gasteiger partial charge is 0.313 e. The van der Waals surface area contributed by atoms with Crippen LogP contribution in [0.2, 0.25) is 0 Å². The van der Waals surface area contributed by atoms with Crippen molar-refractivity contribution < 1.29 is 0 Å². The number of aromatic nitrogens is 4. The summed E-state index contributed by atoms with van der Waals surface area (Å²) in [5.74, 6) is 1.02. The van der Waals surface area contributed by atoms with Gasteiger partial charge in [-0.05, 0) is 90.7 Å². The second-order valence-corrected chi connectivity index (χ2v) is 13.9. The number of hydrogen-bond donors (Lipinski definition) is 0. The van der Waals surface area contributed by atoms with Gasteiger partial charge in [0, 0.05) is 44.2 Å². The molecule has 250 valence electrons. The van der Waals surface area contributed by atoms with E-state index in [1.54, 1.807) is 0 Å². The Morgan fingerprint density at radius 2 is 1.02 bits per heavy atom. The van der Waals surface area contributed by atoms with Gasteiger partial charge in [-0.1, -0.05) is 115 Å². The molecule has 11 rings (SSSR count). The molecule has 0 unspecified atom stereocenters. The van der Waals surface area contributed by atoms with Gasteiger partial charge in [-0.15, -0.1) is 0 Å². The van der Waals surface area contributed by atoms with Gasteiger partial charge in [-0.3, -0.25) is 4.57 Å². The third kappa shape index (κ3) is 4.59. The van der Waals surface area contributed by atoms with E-state index in [0.29, 0.717) is 0 Å². The van der Waals surface area contributed by atoms with Crippen LogP contribution in [0.4, 0.5) is 0 Å². The molecule has 10 aromatic rings. The van der Waals surface area contributed by atoms with E-state index in [0.717, 1.165) is 35.4 Å². The van der Waals surface area contributed by atoms with E-state index >= 15 is 0 Å². The van der Waals surface area contributed by atoms with E-state index in [4.69, 9.17) is 4.98 Å². The number of fused-ring (bicyclic) bond motifs is 7. The quantitative estimate of drug-likeness (QED) is 0.178. The van der Waals surface area contributed by atoms with Crippen LogP contribution in [0.1, 0.15) is 18.7 Å². The van der Waals surface area contributed by atoms with Crippen molar-refractivity contribution in [2.24, 2.45) is 0 Å². The average Bonchev–Trinajstić information content (AvgIpc) is 3.89. The summed E-state index contributed by atoms with van der Waals surface area (Å²) >= 11 is 0. The molecule has 0 aliphatic heterocycles. The number of rotatable bonds is 5. The number of hydrogen-bond acceptors (Lipinski definition) is 1. The molecule has 53 heavy (non-hydrogen) atoms. The highest BCUT2D eigenvalue weighted by Crippen LogP contribution is 2.42. The third-order valence-corrected chi connectivity index (χ3v) is 11.0. The fourth-order valence-corrected chi connectivity index (χ4v) is 8.63. The summed E-state index contributed by atoms with van der Waals surface area (Å²) < 4.78 is 7.21. The van der Waals surface area contributed by atoms with Gasteiger partial charge < -0.3 is 9.13 Å².